The molecule has 0 aromatic heterocycles. The summed E-state index contributed by atoms with van der Waals surface area (Å²) in [5.41, 5.74) is 2.50. The fourth-order valence-corrected chi connectivity index (χ4v) is 6.76. The molecule has 0 fully saturated rings. The third-order valence-corrected chi connectivity index (χ3v) is 9.20. The number of benzene rings is 2. The van der Waals surface area contributed by atoms with Gasteiger partial charge in [0.2, 0.25) is 0 Å². The molecule has 3 heteroatoms. The Morgan fingerprint density at radius 2 is 1.81 bits per heavy atom. The van der Waals surface area contributed by atoms with Crippen LogP contribution in [0.3, 0.4) is 0 Å². The maximum Gasteiger partial charge on any atom is 0.117 e. The molecule has 1 aliphatic heterocycles. The van der Waals surface area contributed by atoms with Crippen molar-refractivity contribution in [1.82, 2.24) is 0 Å². The Morgan fingerprint density at radius 3 is 2.54 bits per heavy atom. The lowest BCUT2D eigenvalue weighted by Crippen LogP contribution is -2.61. The van der Waals surface area contributed by atoms with Crippen LogP contribution >= 0.6 is 0 Å². The van der Waals surface area contributed by atoms with Crippen molar-refractivity contribution in [2.24, 2.45) is 4.99 Å². The number of rotatable bonds is 6. The molecule has 1 heterocycles. The maximum atomic E-state index is 4.97. The maximum absolute atomic E-state index is 4.97. The molecule has 2 nitrogen and oxygen atoms in total. The highest BCUT2D eigenvalue weighted by Crippen LogP contribution is 2.23. The number of hydrogen-bond donors (Lipinski definition) is 0. The van der Waals surface area contributed by atoms with Crippen LogP contribution in [0.15, 0.2) is 41.4 Å². The van der Waals surface area contributed by atoms with Gasteiger partial charge in [-0.2, -0.15) is 0 Å². The second kappa shape index (κ2) is 7.79. The van der Waals surface area contributed by atoms with Gasteiger partial charge in [0.1, 0.15) is 8.07 Å². The number of anilines is 1. The molecular weight excluding hydrogens is 332 g/mol. The lowest BCUT2D eigenvalue weighted by atomic mass is 10.2. The van der Waals surface area contributed by atoms with E-state index in [0.717, 1.165) is 6.54 Å². The lowest BCUT2D eigenvalue weighted by Gasteiger charge is -2.30. The van der Waals surface area contributed by atoms with E-state index < -0.39 is 8.07 Å². The smallest absolute Gasteiger partial charge is 0.117 e. The first-order valence-electron chi connectivity index (χ1n) is 9.98. The van der Waals surface area contributed by atoms with Crippen molar-refractivity contribution in [1.29, 1.82) is 0 Å². The number of unbranched alkanes of at least 4 members (excludes halogenated alkanes) is 3. The van der Waals surface area contributed by atoms with Crippen LogP contribution in [-0.4, -0.2) is 21.7 Å². The Hall–Kier alpha value is -1.87. The van der Waals surface area contributed by atoms with Crippen molar-refractivity contribution < 1.29 is 0 Å². The van der Waals surface area contributed by atoms with E-state index in [2.05, 4.69) is 81.4 Å². The molecule has 0 unspecified atom stereocenters. The third-order valence-electron chi connectivity index (χ3n) is 5.71. The summed E-state index contributed by atoms with van der Waals surface area (Å²) in [5, 5.41) is 5.40. The van der Waals surface area contributed by atoms with Crippen LogP contribution in [0.4, 0.5) is 11.4 Å². The molecule has 2 aromatic carbocycles. The van der Waals surface area contributed by atoms with E-state index in [-0.39, 0.29) is 0 Å². The van der Waals surface area contributed by atoms with Gasteiger partial charge < -0.3 is 4.90 Å². The average molecular weight is 365 g/mol. The molecular formula is C23H32N2Si. The second-order valence-corrected chi connectivity index (χ2v) is 12.3. The molecule has 0 N–H and O–H groups in total. The molecule has 2 aromatic rings. The van der Waals surface area contributed by atoms with Gasteiger partial charge in [-0.05, 0) is 53.2 Å². The summed E-state index contributed by atoms with van der Waals surface area (Å²) in [6.07, 6.45) is 7.40. The standard InChI is InChI=1S/C23H32N2Si/c1-6-8-9-10-15-25(3)19-12-14-21-23(17-19)26(4,5)22-16-18(7-2)11-13-20(22)24-21/h7,11-14,16-17H,6,8-10,15H2,1-5H3/b18-7+. The van der Waals surface area contributed by atoms with Crippen molar-refractivity contribution in [2.75, 3.05) is 18.5 Å². The van der Waals surface area contributed by atoms with Crippen molar-refractivity contribution in [3.05, 3.63) is 47.0 Å². The summed E-state index contributed by atoms with van der Waals surface area (Å²) in [6.45, 7) is 10.4. The van der Waals surface area contributed by atoms with Crippen LogP contribution in [0.1, 0.15) is 39.5 Å². The van der Waals surface area contributed by atoms with E-state index >= 15 is 0 Å². The quantitative estimate of drug-likeness (QED) is 0.565. The van der Waals surface area contributed by atoms with Crippen LogP contribution < -0.4 is 25.8 Å². The lowest BCUT2D eigenvalue weighted by molar-refractivity contribution is 0.661. The Morgan fingerprint density at radius 1 is 1.00 bits per heavy atom. The zero-order valence-electron chi connectivity index (χ0n) is 17.0. The van der Waals surface area contributed by atoms with Gasteiger partial charge in [-0.15, -0.1) is 0 Å². The molecule has 0 atom stereocenters. The van der Waals surface area contributed by atoms with Gasteiger partial charge >= 0.3 is 0 Å². The van der Waals surface area contributed by atoms with Crippen molar-refractivity contribution in [2.45, 2.75) is 52.6 Å². The molecule has 1 aliphatic rings. The summed E-state index contributed by atoms with van der Waals surface area (Å²) < 4.78 is 0. The minimum absolute atomic E-state index is 1.13. The molecule has 0 radical (unpaired) electrons. The molecule has 0 aliphatic carbocycles. The second-order valence-electron chi connectivity index (χ2n) is 7.99. The number of nitrogens with zero attached hydrogens (tertiary/aromatic N) is 2. The van der Waals surface area contributed by atoms with Gasteiger partial charge in [-0.3, -0.25) is 0 Å². The van der Waals surface area contributed by atoms with Crippen molar-refractivity contribution >= 4 is 35.9 Å². The first kappa shape index (κ1) is 18.9. The van der Waals surface area contributed by atoms with E-state index in [9.17, 15) is 0 Å². The number of hydrogen-bond acceptors (Lipinski definition) is 2. The van der Waals surface area contributed by atoms with Crippen molar-refractivity contribution in [3.8, 4) is 0 Å². The Labute approximate surface area is 159 Å². The molecule has 0 spiro atoms. The summed E-state index contributed by atoms with van der Waals surface area (Å²) >= 11 is 0. The van der Waals surface area contributed by atoms with Crippen LogP contribution in [0.5, 0.6) is 0 Å². The van der Waals surface area contributed by atoms with Crippen LogP contribution in [-0.2, 0) is 0 Å². The number of fused-ring (bicyclic) bond motifs is 2. The normalized spacial score (nSPS) is 15.2. The van der Waals surface area contributed by atoms with Gasteiger partial charge in [0.15, 0.2) is 0 Å². The largest absolute Gasteiger partial charge is 0.375 e. The molecule has 0 amide bonds. The molecule has 0 bridgehead atoms. The fraction of sp³-hybridized carbons (Fsp3) is 0.435. The highest BCUT2D eigenvalue weighted by molar-refractivity contribution is 7.01. The van der Waals surface area contributed by atoms with Gasteiger partial charge in [-0.1, -0.05) is 57.5 Å². The van der Waals surface area contributed by atoms with Gasteiger partial charge in [0.25, 0.3) is 0 Å². The highest BCUT2D eigenvalue weighted by Gasteiger charge is 2.33. The minimum Gasteiger partial charge on any atom is -0.375 e. The SMILES string of the molecule is C/C=c1\ccc2c(c1)[Si](C)(C)c1cc(N(C)CCCCCC)ccc1N=2. The Balaban J connectivity index is 1.95. The fourth-order valence-electron chi connectivity index (χ4n) is 3.87. The molecule has 0 saturated heterocycles. The van der Waals surface area contributed by atoms with E-state index in [1.54, 1.807) is 0 Å². The monoisotopic (exact) mass is 364 g/mol. The topological polar surface area (TPSA) is 15.6 Å². The third kappa shape index (κ3) is 3.63. The van der Waals surface area contributed by atoms with E-state index in [4.69, 9.17) is 4.99 Å². The predicted octanol–water partition coefficient (Wildman–Crippen LogP) is 3.59. The van der Waals surface area contributed by atoms with Gasteiger partial charge in [0, 0.05) is 19.3 Å². The Kier molecular flexibility index (Phi) is 5.66. The average Bonchev–Trinajstić information content (AvgIpc) is 2.65. The van der Waals surface area contributed by atoms with Crippen LogP contribution in [0.25, 0.3) is 6.08 Å². The van der Waals surface area contributed by atoms with E-state index in [0.29, 0.717) is 0 Å². The minimum atomic E-state index is -1.74. The summed E-state index contributed by atoms with van der Waals surface area (Å²) in [7, 11) is 0.481. The van der Waals surface area contributed by atoms with E-state index in [1.165, 1.54) is 58.0 Å². The Bertz CT molecular complexity index is 899. The predicted molar refractivity (Wildman–Crippen MR) is 118 cm³/mol. The summed E-state index contributed by atoms with van der Waals surface area (Å²) in [4.78, 5) is 7.38. The zero-order valence-corrected chi connectivity index (χ0v) is 18.0. The molecule has 138 valence electrons. The first-order chi connectivity index (χ1) is 12.5. The molecule has 3 rings (SSSR count). The van der Waals surface area contributed by atoms with Gasteiger partial charge in [0.05, 0.1) is 11.0 Å². The highest BCUT2D eigenvalue weighted by atomic mass is 28.3. The van der Waals surface area contributed by atoms with Crippen LogP contribution in [0, 0.1) is 0 Å². The molecule has 26 heavy (non-hydrogen) atoms. The van der Waals surface area contributed by atoms with Crippen LogP contribution in [0.2, 0.25) is 13.1 Å². The zero-order chi connectivity index (χ0) is 18.7. The van der Waals surface area contributed by atoms with Crippen molar-refractivity contribution in [3.63, 3.8) is 0 Å². The summed E-state index contributed by atoms with van der Waals surface area (Å²) in [6, 6.07) is 13.6. The first-order valence-corrected chi connectivity index (χ1v) is 13.0. The summed E-state index contributed by atoms with van der Waals surface area (Å²) in [5.74, 6) is 0. The van der Waals surface area contributed by atoms with E-state index in [1.807, 2.05) is 0 Å². The van der Waals surface area contributed by atoms with Gasteiger partial charge in [-0.25, -0.2) is 4.99 Å². The molecule has 0 saturated carbocycles.